The summed E-state index contributed by atoms with van der Waals surface area (Å²) in [4.78, 5) is 12.1. The highest BCUT2D eigenvalue weighted by Crippen LogP contribution is 2.25. The first-order valence-electron chi connectivity index (χ1n) is 9.26. The van der Waals surface area contributed by atoms with Gasteiger partial charge in [0.25, 0.3) is 0 Å². The molecule has 0 bridgehead atoms. The molecule has 0 aliphatic heterocycles. The molecule has 26 heavy (non-hydrogen) atoms. The topological polar surface area (TPSA) is 55.8 Å². The van der Waals surface area contributed by atoms with Gasteiger partial charge in [-0.3, -0.25) is 0 Å². The molecule has 1 atom stereocenters. The second-order valence-corrected chi connectivity index (χ2v) is 6.51. The van der Waals surface area contributed by atoms with E-state index in [1.165, 1.54) is 17.7 Å². The number of hydrogen-bond acceptors (Lipinski definition) is 4. The Balaban J connectivity index is 1.99. The van der Waals surface area contributed by atoms with Crippen LogP contribution in [0.3, 0.4) is 0 Å². The SMILES string of the molecule is CCCCOC(=O)c1cc(OCc2ccc(C(C)CC)cc2)ccc1O. The molecule has 0 aromatic heterocycles. The van der Waals surface area contributed by atoms with Gasteiger partial charge in [0.05, 0.1) is 6.61 Å². The molecule has 0 radical (unpaired) electrons. The summed E-state index contributed by atoms with van der Waals surface area (Å²) in [6.07, 6.45) is 2.86. The van der Waals surface area contributed by atoms with Crippen molar-refractivity contribution in [3.63, 3.8) is 0 Å². The first-order valence-corrected chi connectivity index (χ1v) is 9.26. The minimum atomic E-state index is -0.528. The Morgan fingerprint density at radius 1 is 1.12 bits per heavy atom. The Hall–Kier alpha value is -2.49. The normalized spacial score (nSPS) is 11.8. The molecule has 0 aliphatic carbocycles. The average molecular weight is 356 g/mol. The molecule has 0 spiro atoms. The van der Waals surface area contributed by atoms with E-state index >= 15 is 0 Å². The van der Waals surface area contributed by atoms with Crippen LogP contribution in [-0.2, 0) is 11.3 Å². The fourth-order valence-electron chi connectivity index (χ4n) is 2.50. The summed E-state index contributed by atoms with van der Waals surface area (Å²) in [5, 5.41) is 9.90. The zero-order valence-corrected chi connectivity index (χ0v) is 15.8. The number of ether oxygens (including phenoxy) is 2. The number of phenolic OH excluding ortho intramolecular Hbond substituents is 1. The maximum atomic E-state index is 12.1. The number of hydrogen-bond donors (Lipinski definition) is 1. The van der Waals surface area contributed by atoms with E-state index in [1.807, 2.05) is 6.92 Å². The third kappa shape index (κ3) is 5.51. The van der Waals surface area contributed by atoms with Crippen LogP contribution in [-0.4, -0.2) is 17.7 Å². The molecule has 0 aliphatic rings. The molecule has 2 aromatic carbocycles. The van der Waals surface area contributed by atoms with Crippen LogP contribution >= 0.6 is 0 Å². The Bertz CT molecular complexity index is 707. The van der Waals surface area contributed by atoms with Crippen LogP contribution in [0.5, 0.6) is 11.5 Å². The molecule has 0 amide bonds. The zero-order valence-electron chi connectivity index (χ0n) is 15.8. The predicted octanol–water partition coefficient (Wildman–Crippen LogP) is 5.44. The number of carbonyl (C=O) groups excluding carboxylic acids is 1. The van der Waals surface area contributed by atoms with Gasteiger partial charge in [0.1, 0.15) is 23.7 Å². The van der Waals surface area contributed by atoms with Gasteiger partial charge >= 0.3 is 5.97 Å². The average Bonchev–Trinajstić information content (AvgIpc) is 2.67. The van der Waals surface area contributed by atoms with E-state index in [-0.39, 0.29) is 11.3 Å². The number of benzene rings is 2. The van der Waals surface area contributed by atoms with Gasteiger partial charge in [0.2, 0.25) is 0 Å². The summed E-state index contributed by atoms with van der Waals surface area (Å²) in [6, 6.07) is 13.0. The monoisotopic (exact) mass is 356 g/mol. The third-order valence-electron chi connectivity index (χ3n) is 4.49. The highest BCUT2D eigenvalue weighted by Gasteiger charge is 2.14. The maximum absolute atomic E-state index is 12.1. The van der Waals surface area contributed by atoms with Crippen LogP contribution in [0.4, 0.5) is 0 Å². The van der Waals surface area contributed by atoms with Gasteiger partial charge in [-0.1, -0.05) is 51.5 Å². The Morgan fingerprint density at radius 3 is 2.50 bits per heavy atom. The van der Waals surface area contributed by atoms with E-state index in [2.05, 4.69) is 38.1 Å². The van der Waals surface area contributed by atoms with Gasteiger partial charge in [0, 0.05) is 0 Å². The van der Waals surface area contributed by atoms with Crippen LogP contribution in [0.1, 0.15) is 67.4 Å². The standard InChI is InChI=1S/C22H28O4/c1-4-6-13-25-22(24)20-14-19(11-12-21(20)23)26-15-17-7-9-18(10-8-17)16(3)5-2/h7-12,14,16,23H,4-6,13,15H2,1-3H3. The van der Waals surface area contributed by atoms with Gasteiger partial charge in [-0.2, -0.15) is 0 Å². The van der Waals surface area contributed by atoms with E-state index in [0.717, 1.165) is 24.8 Å². The summed E-state index contributed by atoms with van der Waals surface area (Å²) in [5.74, 6) is 0.440. The number of phenols is 1. The smallest absolute Gasteiger partial charge is 0.342 e. The molecule has 2 rings (SSSR count). The van der Waals surface area contributed by atoms with Crippen LogP contribution in [0.15, 0.2) is 42.5 Å². The van der Waals surface area contributed by atoms with Gasteiger partial charge in [0.15, 0.2) is 0 Å². The lowest BCUT2D eigenvalue weighted by atomic mass is 9.98. The quantitative estimate of drug-likeness (QED) is 0.480. The first-order chi connectivity index (χ1) is 12.5. The molecule has 1 unspecified atom stereocenters. The number of rotatable bonds is 9. The molecule has 0 saturated heterocycles. The van der Waals surface area contributed by atoms with Crippen LogP contribution < -0.4 is 4.74 Å². The molecule has 0 saturated carbocycles. The minimum absolute atomic E-state index is 0.100. The van der Waals surface area contributed by atoms with E-state index in [1.54, 1.807) is 6.07 Å². The highest BCUT2D eigenvalue weighted by atomic mass is 16.5. The summed E-state index contributed by atoms with van der Waals surface area (Å²) < 4.78 is 10.9. The van der Waals surface area contributed by atoms with E-state index in [9.17, 15) is 9.90 Å². The second kappa shape index (κ2) is 9.85. The van der Waals surface area contributed by atoms with E-state index < -0.39 is 5.97 Å². The van der Waals surface area contributed by atoms with Crippen molar-refractivity contribution in [1.29, 1.82) is 0 Å². The van der Waals surface area contributed by atoms with E-state index in [0.29, 0.717) is 24.9 Å². The molecular weight excluding hydrogens is 328 g/mol. The van der Waals surface area contributed by atoms with Gasteiger partial charge in [-0.25, -0.2) is 4.79 Å². The molecule has 4 nitrogen and oxygen atoms in total. The lowest BCUT2D eigenvalue weighted by Gasteiger charge is -2.12. The fraction of sp³-hybridized carbons (Fsp3) is 0.409. The summed E-state index contributed by atoms with van der Waals surface area (Å²) in [6.45, 7) is 7.16. The molecule has 4 heteroatoms. The number of carbonyl (C=O) groups is 1. The minimum Gasteiger partial charge on any atom is -0.507 e. The van der Waals surface area contributed by atoms with Gasteiger partial charge in [-0.15, -0.1) is 0 Å². The van der Waals surface area contributed by atoms with Crippen molar-refractivity contribution in [2.75, 3.05) is 6.61 Å². The Labute approximate surface area is 155 Å². The van der Waals surface area contributed by atoms with Gasteiger partial charge in [-0.05, 0) is 48.1 Å². The molecule has 140 valence electrons. The van der Waals surface area contributed by atoms with Crippen molar-refractivity contribution in [2.24, 2.45) is 0 Å². The maximum Gasteiger partial charge on any atom is 0.342 e. The number of unbranched alkanes of at least 4 members (excludes halogenated alkanes) is 1. The largest absolute Gasteiger partial charge is 0.507 e. The predicted molar refractivity (Wildman–Crippen MR) is 103 cm³/mol. The molecule has 0 fully saturated rings. The highest BCUT2D eigenvalue weighted by molar-refractivity contribution is 5.92. The lowest BCUT2D eigenvalue weighted by molar-refractivity contribution is 0.0496. The Kier molecular flexibility index (Phi) is 7.52. The summed E-state index contributed by atoms with van der Waals surface area (Å²) >= 11 is 0. The number of esters is 1. The second-order valence-electron chi connectivity index (χ2n) is 6.51. The summed E-state index contributed by atoms with van der Waals surface area (Å²) in [5.41, 5.74) is 2.50. The molecule has 0 heterocycles. The van der Waals surface area contributed by atoms with Gasteiger partial charge < -0.3 is 14.6 Å². The molecular formula is C22H28O4. The van der Waals surface area contributed by atoms with Crippen molar-refractivity contribution in [2.45, 2.75) is 52.6 Å². The molecule has 1 N–H and O–H groups in total. The van der Waals surface area contributed by atoms with E-state index in [4.69, 9.17) is 9.47 Å². The third-order valence-corrected chi connectivity index (χ3v) is 4.49. The fourth-order valence-corrected chi connectivity index (χ4v) is 2.50. The molecule has 2 aromatic rings. The first kappa shape index (κ1) is 19.8. The van der Waals surface area contributed by atoms with Crippen molar-refractivity contribution in [3.05, 3.63) is 59.2 Å². The lowest BCUT2D eigenvalue weighted by Crippen LogP contribution is -2.07. The van der Waals surface area contributed by atoms with Crippen molar-refractivity contribution in [3.8, 4) is 11.5 Å². The Morgan fingerprint density at radius 2 is 1.85 bits per heavy atom. The summed E-state index contributed by atoms with van der Waals surface area (Å²) in [7, 11) is 0. The zero-order chi connectivity index (χ0) is 18.9. The van der Waals surface area contributed by atoms with Crippen LogP contribution in [0.25, 0.3) is 0 Å². The number of aromatic hydroxyl groups is 1. The van der Waals surface area contributed by atoms with Crippen LogP contribution in [0, 0.1) is 0 Å². The van der Waals surface area contributed by atoms with Crippen molar-refractivity contribution in [1.82, 2.24) is 0 Å². The van der Waals surface area contributed by atoms with Crippen molar-refractivity contribution >= 4 is 5.97 Å². The van der Waals surface area contributed by atoms with Crippen molar-refractivity contribution < 1.29 is 19.4 Å². The van der Waals surface area contributed by atoms with Crippen LogP contribution in [0.2, 0.25) is 0 Å².